The lowest BCUT2D eigenvalue weighted by molar-refractivity contribution is 0.592. The van der Waals surface area contributed by atoms with Gasteiger partial charge in [-0.15, -0.1) is 0 Å². The first-order chi connectivity index (χ1) is 6.16. The highest BCUT2D eigenvalue weighted by Gasteiger charge is 2.02. The predicted octanol–water partition coefficient (Wildman–Crippen LogP) is 3.43. The molecule has 0 aliphatic heterocycles. The fourth-order valence-electron chi connectivity index (χ4n) is 1.39. The number of fused-ring (bicyclic) bond motifs is 1. The van der Waals surface area contributed by atoms with Gasteiger partial charge in [0, 0.05) is 11.5 Å². The van der Waals surface area contributed by atoms with Crippen molar-refractivity contribution in [1.82, 2.24) is 0 Å². The lowest BCUT2D eigenvalue weighted by Crippen LogP contribution is -1.83. The van der Waals surface area contributed by atoms with Crippen molar-refractivity contribution in [1.29, 1.82) is 0 Å². The molecule has 0 nitrogen and oxygen atoms in total. The fraction of sp³-hybridized carbons (Fsp3) is 0.0909. The summed E-state index contributed by atoms with van der Waals surface area (Å²) in [4.78, 5) is 0. The average Bonchev–Trinajstić information content (AvgIpc) is 2.06. The van der Waals surface area contributed by atoms with Gasteiger partial charge in [-0.05, 0) is 24.4 Å². The molecule has 0 saturated heterocycles. The number of aryl methyl sites for hydroxylation is 1. The van der Waals surface area contributed by atoms with E-state index in [1.807, 2.05) is 13.0 Å². The predicted molar refractivity (Wildman–Crippen MR) is 48.6 cm³/mol. The summed E-state index contributed by atoms with van der Waals surface area (Å²) in [6.45, 7) is 1.88. The van der Waals surface area contributed by atoms with Gasteiger partial charge >= 0.3 is 0 Å². The molecule has 2 heteroatoms. The van der Waals surface area contributed by atoms with E-state index < -0.39 is 11.6 Å². The fourth-order valence-corrected chi connectivity index (χ4v) is 1.39. The Kier molecular flexibility index (Phi) is 1.76. The smallest absolute Gasteiger partial charge is 0.133 e. The molecular formula is C11H8F2. The van der Waals surface area contributed by atoms with Gasteiger partial charge in [0.15, 0.2) is 0 Å². The van der Waals surface area contributed by atoms with Gasteiger partial charge in [0.2, 0.25) is 0 Å². The third-order valence-electron chi connectivity index (χ3n) is 2.02. The zero-order valence-corrected chi connectivity index (χ0v) is 7.14. The van der Waals surface area contributed by atoms with Crippen molar-refractivity contribution >= 4 is 10.8 Å². The highest BCUT2D eigenvalue weighted by Crippen LogP contribution is 2.20. The van der Waals surface area contributed by atoms with Gasteiger partial charge in [-0.1, -0.05) is 17.7 Å². The van der Waals surface area contributed by atoms with Crippen LogP contribution in [0.25, 0.3) is 10.8 Å². The normalized spacial score (nSPS) is 10.7. The molecule has 2 rings (SSSR count). The molecule has 0 spiro atoms. The Morgan fingerprint density at radius 3 is 2.54 bits per heavy atom. The Hall–Kier alpha value is -1.44. The molecule has 0 fully saturated rings. The van der Waals surface area contributed by atoms with Crippen molar-refractivity contribution in [2.45, 2.75) is 6.92 Å². The van der Waals surface area contributed by atoms with E-state index in [0.717, 1.165) is 11.6 Å². The van der Waals surface area contributed by atoms with Gasteiger partial charge < -0.3 is 0 Å². The maximum Gasteiger partial charge on any atom is 0.133 e. The summed E-state index contributed by atoms with van der Waals surface area (Å²) in [6, 6.07) is 7.50. The second-order valence-corrected chi connectivity index (χ2v) is 3.11. The van der Waals surface area contributed by atoms with Crippen molar-refractivity contribution in [3.63, 3.8) is 0 Å². The quantitative estimate of drug-likeness (QED) is 0.579. The van der Waals surface area contributed by atoms with Crippen molar-refractivity contribution in [3.05, 3.63) is 47.5 Å². The molecule has 0 N–H and O–H groups in total. The molecule has 66 valence electrons. The van der Waals surface area contributed by atoms with Crippen molar-refractivity contribution in [2.75, 3.05) is 0 Å². The molecule has 0 amide bonds. The zero-order chi connectivity index (χ0) is 9.42. The first-order valence-electron chi connectivity index (χ1n) is 4.02. The van der Waals surface area contributed by atoms with E-state index in [4.69, 9.17) is 0 Å². The van der Waals surface area contributed by atoms with Gasteiger partial charge in [0.05, 0.1) is 0 Å². The van der Waals surface area contributed by atoms with E-state index in [1.54, 1.807) is 12.1 Å². The van der Waals surface area contributed by atoms with E-state index in [0.29, 0.717) is 10.8 Å². The molecule has 0 aliphatic carbocycles. The van der Waals surface area contributed by atoms with E-state index >= 15 is 0 Å². The van der Waals surface area contributed by atoms with Crippen LogP contribution >= 0.6 is 0 Å². The van der Waals surface area contributed by atoms with Crippen molar-refractivity contribution < 1.29 is 8.78 Å². The largest absolute Gasteiger partial charge is 0.207 e. The Balaban J connectivity index is 2.87. The molecule has 0 aliphatic rings. The van der Waals surface area contributed by atoms with Crippen LogP contribution in [-0.2, 0) is 0 Å². The van der Waals surface area contributed by atoms with Crippen LogP contribution in [0, 0.1) is 18.6 Å². The summed E-state index contributed by atoms with van der Waals surface area (Å²) < 4.78 is 25.9. The van der Waals surface area contributed by atoms with Gasteiger partial charge in [-0.3, -0.25) is 0 Å². The number of hydrogen-bond acceptors (Lipinski definition) is 0. The van der Waals surface area contributed by atoms with Crippen LogP contribution in [0.4, 0.5) is 8.78 Å². The number of hydrogen-bond donors (Lipinski definition) is 0. The molecule has 0 heterocycles. The molecule has 0 saturated carbocycles. The lowest BCUT2D eigenvalue weighted by atomic mass is 10.1. The maximum absolute atomic E-state index is 13.2. The minimum atomic E-state index is -0.533. The Morgan fingerprint density at radius 2 is 1.77 bits per heavy atom. The monoisotopic (exact) mass is 178 g/mol. The minimum Gasteiger partial charge on any atom is -0.207 e. The summed E-state index contributed by atoms with van der Waals surface area (Å²) in [5, 5.41) is 1.07. The van der Waals surface area contributed by atoms with Crippen LogP contribution in [0.15, 0.2) is 30.3 Å². The Bertz CT molecular complexity index is 461. The molecule has 0 bridgehead atoms. The van der Waals surface area contributed by atoms with Gasteiger partial charge in [-0.25, -0.2) is 8.78 Å². The Morgan fingerprint density at radius 1 is 1.00 bits per heavy atom. The molecule has 0 atom stereocenters. The van der Waals surface area contributed by atoms with E-state index in [2.05, 4.69) is 0 Å². The number of halogens is 2. The van der Waals surface area contributed by atoms with Gasteiger partial charge in [-0.2, -0.15) is 0 Å². The summed E-state index contributed by atoms with van der Waals surface area (Å²) in [5.41, 5.74) is 0.970. The van der Waals surface area contributed by atoms with Crippen LogP contribution in [-0.4, -0.2) is 0 Å². The van der Waals surface area contributed by atoms with Crippen LogP contribution in [0.2, 0.25) is 0 Å². The first-order valence-corrected chi connectivity index (χ1v) is 4.02. The standard InChI is InChI=1S/C11H8F2/c1-7-2-3-8-5-9(12)6-11(13)10(8)4-7/h2-6H,1H3. The molecule has 0 radical (unpaired) electrons. The molecular weight excluding hydrogens is 170 g/mol. The maximum atomic E-state index is 13.2. The topological polar surface area (TPSA) is 0 Å². The highest BCUT2D eigenvalue weighted by atomic mass is 19.1. The van der Waals surface area contributed by atoms with Crippen LogP contribution in [0.3, 0.4) is 0 Å². The third kappa shape index (κ3) is 1.39. The summed E-state index contributed by atoms with van der Waals surface area (Å²) >= 11 is 0. The van der Waals surface area contributed by atoms with Gasteiger partial charge in [0.25, 0.3) is 0 Å². The molecule has 13 heavy (non-hydrogen) atoms. The molecule has 0 unspecified atom stereocenters. The molecule has 2 aromatic rings. The molecule has 0 aromatic heterocycles. The van der Waals surface area contributed by atoms with E-state index in [9.17, 15) is 8.78 Å². The lowest BCUT2D eigenvalue weighted by Gasteiger charge is -2.00. The number of benzene rings is 2. The first kappa shape index (κ1) is 8.17. The van der Waals surface area contributed by atoms with Gasteiger partial charge in [0.1, 0.15) is 11.6 Å². The number of rotatable bonds is 0. The summed E-state index contributed by atoms with van der Waals surface area (Å²) in [7, 11) is 0. The van der Waals surface area contributed by atoms with Crippen LogP contribution in [0.5, 0.6) is 0 Å². The zero-order valence-electron chi connectivity index (χ0n) is 7.14. The van der Waals surface area contributed by atoms with Crippen LogP contribution in [0.1, 0.15) is 5.56 Å². The Labute approximate surface area is 74.8 Å². The van der Waals surface area contributed by atoms with Crippen molar-refractivity contribution in [2.24, 2.45) is 0 Å². The SMILES string of the molecule is Cc1ccc2cc(F)cc(F)c2c1. The average molecular weight is 178 g/mol. The second-order valence-electron chi connectivity index (χ2n) is 3.11. The summed E-state index contributed by atoms with van der Waals surface area (Å²) in [6.07, 6.45) is 0. The van der Waals surface area contributed by atoms with Crippen LogP contribution < -0.4 is 0 Å². The van der Waals surface area contributed by atoms with E-state index in [1.165, 1.54) is 6.07 Å². The summed E-state index contributed by atoms with van der Waals surface area (Å²) in [5.74, 6) is -1.03. The van der Waals surface area contributed by atoms with E-state index in [-0.39, 0.29) is 0 Å². The third-order valence-corrected chi connectivity index (χ3v) is 2.02. The highest BCUT2D eigenvalue weighted by molar-refractivity contribution is 5.83. The van der Waals surface area contributed by atoms with Crippen molar-refractivity contribution in [3.8, 4) is 0 Å². The minimum absolute atomic E-state index is 0.474. The second kappa shape index (κ2) is 2.80. The molecule has 2 aromatic carbocycles.